The highest BCUT2D eigenvalue weighted by atomic mass is 19.3. The summed E-state index contributed by atoms with van der Waals surface area (Å²) in [6.07, 6.45) is 0.501. The topological polar surface area (TPSA) is 38.3 Å². The van der Waals surface area contributed by atoms with Crippen LogP contribution in [0.15, 0.2) is 0 Å². The van der Waals surface area contributed by atoms with E-state index in [9.17, 15) is 13.6 Å². The van der Waals surface area contributed by atoms with E-state index >= 15 is 0 Å². The van der Waals surface area contributed by atoms with E-state index in [0.717, 1.165) is 0 Å². The molecule has 1 fully saturated rings. The molecule has 76 valence electrons. The normalized spacial score (nSPS) is 19.9. The van der Waals surface area contributed by atoms with Crippen LogP contribution in [0.3, 0.4) is 0 Å². The summed E-state index contributed by atoms with van der Waals surface area (Å²) in [7, 11) is 1.22. The molecule has 3 nitrogen and oxygen atoms in total. The second-order valence-electron chi connectivity index (χ2n) is 3.09. The number of ether oxygens (including phenoxy) is 1. The van der Waals surface area contributed by atoms with Crippen molar-refractivity contribution in [3.05, 3.63) is 0 Å². The van der Waals surface area contributed by atoms with Crippen LogP contribution >= 0.6 is 0 Å². The first-order valence-corrected chi connectivity index (χ1v) is 4.26. The highest BCUT2D eigenvalue weighted by Gasteiger charge is 2.46. The van der Waals surface area contributed by atoms with E-state index in [1.54, 1.807) is 0 Å². The third kappa shape index (κ3) is 2.15. The van der Waals surface area contributed by atoms with Crippen molar-refractivity contribution in [2.24, 2.45) is 5.92 Å². The Bertz CT molecular complexity index is 191. The lowest BCUT2D eigenvalue weighted by Gasteiger charge is -2.28. The summed E-state index contributed by atoms with van der Waals surface area (Å²) in [4.78, 5) is 10.8. The van der Waals surface area contributed by atoms with Crippen LogP contribution in [-0.4, -0.2) is 32.1 Å². The van der Waals surface area contributed by atoms with E-state index < -0.39 is 17.7 Å². The van der Waals surface area contributed by atoms with Crippen LogP contribution < -0.4 is 5.32 Å². The van der Waals surface area contributed by atoms with Gasteiger partial charge in [-0.2, -0.15) is 8.78 Å². The summed E-state index contributed by atoms with van der Waals surface area (Å²) in [6, 6.07) is 0. The standard InChI is InChI=1S/C8H13F2NO2/c1-11-7(12)8(9,10)6-2-4-13-5-3-6/h6H,2-5H2,1H3,(H,11,12). The molecule has 0 aromatic carbocycles. The molecule has 0 atom stereocenters. The second kappa shape index (κ2) is 4.00. The minimum Gasteiger partial charge on any atom is -0.381 e. The van der Waals surface area contributed by atoms with Crippen LogP contribution in [0.5, 0.6) is 0 Å². The van der Waals surface area contributed by atoms with Gasteiger partial charge in [0.1, 0.15) is 0 Å². The molecule has 0 unspecified atom stereocenters. The number of nitrogens with one attached hydrogen (secondary N) is 1. The van der Waals surface area contributed by atoms with Crippen molar-refractivity contribution in [1.82, 2.24) is 5.32 Å². The van der Waals surface area contributed by atoms with Crippen LogP contribution in [0.1, 0.15) is 12.8 Å². The van der Waals surface area contributed by atoms with Crippen LogP contribution in [-0.2, 0) is 9.53 Å². The van der Waals surface area contributed by atoms with E-state index in [1.807, 2.05) is 5.32 Å². The van der Waals surface area contributed by atoms with Gasteiger partial charge in [0.25, 0.3) is 5.91 Å². The zero-order valence-corrected chi connectivity index (χ0v) is 7.48. The Labute approximate surface area is 75.4 Å². The minimum absolute atomic E-state index is 0.250. The number of carbonyl (C=O) groups is 1. The van der Waals surface area contributed by atoms with Crippen LogP contribution in [0.25, 0.3) is 0 Å². The molecule has 1 rings (SSSR count). The molecule has 1 heterocycles. The molecule has 1 N–H and O–H groups in total. The van der Waals surface area contributed by atoms with Gasteiger partial charge in [-0.1, -0.05) is 0 Å². The fraction of sp³-hybridized carbons (Fsp3) is 0.875. The first-order valence-electron chi connectivity index (χ1n) is 4.26. The lowest BCUT2D eigenvalue weighted by molar-refractivity contribution is -0.159. The van der Waals surface area contributed by atoms with Gasteiger partial charge in [0.2, 0.25) is 0 Å². The van der Waals surface area contributed by atoms with E-state index in [2.05, 4.69) is 0 Å². The highest BCUT2D eigenvalue weighted by molar-refractivity contribution is 5.83. The molecule has 0 spiro atoms. The molecule has 0 radical (unpaired) electrons. The molecule has 1 aliphatic heterocycles. The number of halogens is 2. The van der Waals surface area contributed by atoms with E-state index in [1.165, 1.54) is 7.05 Å². The summed E-state index contributed by atoms with van der Waals surface area (Å²) in [5.41, 5.74) is 0. The van der Waals surface area contributed by atoms with Crippen LogP contribution in [0.4, 0.5) is 8.78 Å². The fourth-order valence-electron chi connectivity index (χ4n) is 1.41. The number of amides is 1. The van der Waals surface area contributed by atoms with Crippen molar-refractivity contribution in [1.29, 1.82) is 0 Å². The molecule has 1 aliphatic rings. The molecule has 13 heavy (non-hydrogen) atoms. The smallest absolute Gasteiger partial charge is 0.327 e. The molecule has 0 aliphatic carbocycles. The number of hydrogen-bond acceptors (Lipinski definition) is 2. The SMILES string of the molecule is CNC(=O)C(F)(F)C1CCOCC1. The van der Waals surface area contributed by atoms with E-state index in [-0.39, 0.29) is 12.8 Å². The van der Waals surface area contributed by atoms with Crippen LogP contribution in [0.2, 0.25) is 0 Å². The Morgan fingerprint density at radius 3 is 2.46 bits per heavy atom. The maximum absolute atomic E-state index is 13.2. The summed E-state index contributed by atoms with van der Waals surface area (Å²) in [5.74, 6) is -5.32. The van der Waals surface area contributed by atoms with Crippen molar-refractivity contribution in [3.63, 3.8) is 0 Å². The minimum atomic E-state index is -3.25. The Morgan fingerprint density at radius 2 is 2.00 bits per heavy atom. The molecule has 0 aromatic rings. The van der Waals surface area contributed by atoms with Crippen molar-refractivity contribution in [2.45, 2.75) is 18.8 Å². The maximum atomic E-state index is 13.2. The average molecular weight is 193 g/mol. The lowest BCUT2D eigenvalue weighted by Crippen LogP contribution is -2.45. The average Bonchev–Trinajstić information content (AvgIpc) is 2.18. The van der Waals surface area contributed by atoms with Gasteiger partial charge >= 0.3 is 5.92 Å². The van der Waals surface area contributed by atoms with Gasteiger partial charge < -0.3 is 10.1 Å². The van der Waals surface area contributed by atoms with E-state index in [4.69, 9.17) is 4.74 Å². The number of hydrogen-bond donors (Lipinski definition) is 1. The highest BCUT2D eigenvalue weighted by Crippen LogP contribution is 2.32. The molecular formula is C8H13F2NO2. The Balaban J connectivity index is 2.60. The van der Waals surface area contributed by atoms with Gasteiger partial charge in [0.05, 0.1) is 0 Å². The molecule has 1 saturated heterocycles. The van der Waals surface area contributed by atoms with Crippen LogP contribution in [0, 0.1) is 5.92 Å². The maximum Gasteiger partial charge on any atom is 0.327 e. The quantitative estimate of drug-likeness (QED) is 0.704. The van der Waals surface area contributed by atoms with Crippen molar-refractivity contribution >= 4 is 5.91 Å². The van der Waals surface area contributed by atoms with Gasteiger partial charge in [-0.05, 0) is 12.8 Å². The Hall–Kier alpha value is -0.710. The summed E-state index contributed by atoms with van der Waals surface area (Å²) < 4.78 is 31.4. The fourth-order valence-corrected chi connectivity index (χ4v) is 1.41. The number of alkyl halides is 2. The molecule has 0 saturated carbocycles. The van der Waals surface area contributed by atoms with Gasteiger partial charge in [0.15, 0.2) is 0 Å². The van der Waals surface area contributed by atoms with Crippen molar-refractivity contribution < 1.29 is 18.3 Å². The zero-order chi connectivity index (χ0) is 9.90. The third-order valence-electron chi connectivity index (χ3n) is 2.26. The Kier molecular flexibility index (Phi) is 3.19. The zero-order valence-electron chi connectivity index (χ0n) is 7.48. The predicted octanol–water partition coefficient (Wildman–Crippen LogP) is 0.794. The van der Waals surface area contributed by atoms with Gasteiger partial charge in [-0.15, -0.1) is 0 Å². The van der Waals surface area contributed by atoms with Gasteiger partial charge in [0, 0.05) is 26.2 Å². The summed E-state index contributed by atoms with van der Waals surface area (Å²) >= 11 is 0. The van der Waals surface area contributed by atoms with Crippen molar-refractivity contribution in [3.8, 4) is 0 Å². The van der Waals surface area contributed by atoms with E-state index in [0.29, 0.717) is 13.2 Å². The third-order valence-corrected chi connectivity index (χ3v) is 2.26. The predicted molar refractivity (Wildman–Crippen MR) is 42.6 cm³/mol. The summed E-state index contributed by atoms with van der Waals surface area (Å²) in [6.45, 7) is 0.633. The molecular weight excluding hydrogens is 180 g/mol. The Morgan fingerprint density at radius 1 is 1.46 bits per heavy atom. The number of carbonyl (C=O) groups excluding carboxylic acids is 1. The molecule has 1 amide bonds. The first-order chi connectivity index (χ1) is 6.09. The molecule has 5 heteroatoms. The van der Waals surface area contributed by atoms with Gasteiger partial charge in [-0.3, -0.25) is 4.79 Å². The molecule has 0 aromatic heterocycles. The van der Waals surface area contributed by atoms with Crippen molar-refractivity contribution in [2.75, 3.05) is 20.3 Å². The summed E-state index contributed by atoms with van der Waals surface area (Å²) in [5, 5.41) is 1.97. The monoisotopic (exact) mass is 193 g/mol. The largest absolute Gasteiger partial charge is 0.381 e. The number of rotatable bonds is 2. The van der Waals surface area contributed by atoms with Gasteiger partial charge in [-0.25, -0.2) is 0 Å². The lowest BCUT2D eigenvalue weighted by atomic mass is 9.92. The molecule has 0 bridgehead atoms. The first kappa shape index (κ1) is 10.4. The second-order valence-corrected chi connectivity index (χ2v) is 3.09.